The van der Waals surface area contributed by atoms with Gasteiger partial charge in [-0.3, -0.25) is 9.69 Å². The van der Waals surface area contributed by atoms with Gasteiger partial charge in [0.15, 0.2) is 11.5 Å². The van der Waals surface area contributed by atoms with Crippen molar-refractivity contribution in [3.8, 4) is 11.5 Å². The van der Waals surface area contributed by atoms with Crippen LogP contribution in [0.15, 0.2) is 36.4 Å². The van der Waals surface area contributed by atoms with Crippen LogP contribution in [-0.2, 0) is 11.3 Å². The molecule has 0 spiro atoms. The molecule has 140 valence electrons. The molecule has 5 nitrogen and oxygen atoms in total. The molecular weight excluding hydrogens is 328 g/mol. The quantitative estimate of drug-likeness (QED) is 0.782. The van der Waals surface area contributed by atoms with E-state index in [9.17, 15) is 4.79 Å². The molecule has 0 heterocycles. The number of rotatable bonds is 8. The van der Waals surface area contributed by atoms with E-state index in [-0.39, 0.29) is 5.91 Å². The Morgan fingerprint density at radius 1 is 1.12 bits per heavy atom. The summed E-state index contributed by atoms with van der Waals surface area (Å²) in [7, 11) is 3.55. The van der Waals surface area contributed by atoms with Gasteiger partial charge in [-0.25, -0.2) is 0 Å². The highest BCUT2D eigenvalue weighted by atomic mass is 16.5. The number of carbonyl (C=O) groups excluding carboxylic acids is 1. The lowest BCUT2D eigenvalue weighted by atomic mass is 10.1. The largest absolute Gasteiger partial charge is 0.493 e. The molecule has 26 heavy (non-hydrogen) atoms. The van der Waals surface area contributed by atoms with E-state index >= 15 is 0 Å². The smallest absolute Gasteiger partial charge is 0.238 e. The Labute approximate surface area is 155 Å². The summed E-state index contributed by atoms with van der Waals surface area (Å²) in [6.07, 6.45) is 0. The lowest BCUT2D eigenvalue weighted by molar-refractivity contribution is -0.117. The zero-order valence-corrected chi connectivity index (χ0v) is 16.3. The van der Waals surface area contributed by atoms with Gasteiger partial charge in [0.25, 0.3) is 0 Å². The molecule has 2 aromatic carbocycles. The van der Waals surface area contributed by atoms with Gasteiger partial charge in [0.2, 0.25) is 5.91 Å². The van der Waals surface area contributed by atoms with Gasteiger partial charge in [-0.05, 0) is 57.1 Å². The Bertz CT molecular complexity index is 759. The Morgan fingerprint density at radius 3 is 2.54 bits per heavy atom. The second-order valence-electron chi connectivity index (χ2n) is 6.46. The van der Waals surface area contributed by atoms with E-state index < -0.39 is 0 Å². The van der Waals surface area contributed by atoms with Gasteiger partial charge in [-0.2, -0.15) is 0 Å². The number of aryl methyl sites for hydroxylation is 2. The Hall–Kier alpha value is -2.53. The monoisotopic (exact) mass is 356 g/mol. The Kier molecular flexibility index (Phi) is 7.04. The van der Waals surface area contributed by atoms with Crippen LogP contribution < -0.4 is 14.8 Å². The van der Waals surface area contributed by atoms with Crippen molar-refractivity contribution >= 4 is 11.6 Å². The molecule has 5 heteroatoms. The maximum absolute atomic E-state index is 12.3. The summed E-state index contributed by atoms with van der Waals surface area (Å²) in [5, 5.41) is 2.98. The number of likely N-dealkylation sites (N-methyl/N-ethyl adjacent to an activating group) is 1. The first-order valence-electron chi connectivity index (χ1n) is 8.78. The van der Waals surface area contributed by atoms with Crippen molar-refractivity contribution < 1.29 is 14.3 Å². The molecule has 0 atom stereocenters. The predicted molar refractivity (Wildman–Crippen MR) is 105 cm³/mol. The van der Waals surface area contributed by atoms with Gasteiger partial charge in [0, 0.05) is 12.2 Å². The van der Waals surface area contributed by atoms with Crippen molar-refractivity contribution in [1.82, 2.24) is 4.90 Å². The van der Waals surface area contributed by atoms with Crippen molar-refractivity contribution in [2.75, 3.05) is 32.6 Å². The van der Waals surface area contributed by atoms with Crippen LogP contribution in [0.4, 0.5) is 5.69 Å². The number of ether oxygens (including phenoxy) is 2. The highest BCUT2D eigenvalue weighted by Crippen LogP contribution is 2.28. The second kappa shape index (κ2) is 9.25. The fourth-order valence-electron chi connectivity index (χ4n) is 2.84. The standard InChI is InChI=1S/C21H28N2O3/c1-6-26-19-10-8-17(12-20(19)25-5)13-23(4)14-21(24)22-18-9-7-15(2)11-16(18)3/h7-12H,6,13-14H2,1-5H3,(H,22,24). The molecule has 0 aliphatic heterocycles. The molecule has 0 aliphatic carbocycles. The van der Waals surface area contributed by atoms with Crippen molar-refractivity contribution in [2.24, 2.45) is 0 Å². The summed E-state index contributed by atoms with van der Waals surface area (Å²) < 4.78 is 10.9. The second-order valence-corrected chi connectivity index (χ2v) is 6.46. The summed E-state index contributed by atoms with van der Waals surface area (Å²) in [6, 6.07) is 11.8. The van der Waals surface area contributed by atoms with E-state index in [0.717, 1.165) is 22.6 Å². The number of nitrogens with one attached hydrogen (secondary N) is 1. The van der Waals surface area contributed by atoms with Crippen molar-refractivity contribution in [2.45, 2.75) is 27.3 Å². The maximum Gasteiger partial charge on any atom is 0.238 e. The molecule has 2 aromatic rings. The van der Waals surface area contributed by atoms with E-state index in [0.29, 0.717) is 25.4 Å². The normalized spacial score (nSPS) is 10.7. The first-order valence-corrected chi connectivity index (χ1v) is 8.78. The van der Waals surface area contributed by atoms with Crippen molar-refractivity contribution in [3.63, 3.8) is 0 Å². The zero-order chi connectivity index (χ0) is 19.1. The number of hydrogen-bond donors (Lipinski definition) is 1. The topological polar surface area (TPSA) is 50.8 Å². The average Bonchev–Trinajstić information content (AvgIpc) is 2.58. The van der Waals surface area contributed by atoms with E-state index in [1.807, 2.05) is 63.1 Å². The summed E-state index contributed by atoms with van der Waals surface area (Å²) in [5.74, 6) is 1.41. The summed E-state index contributed by atoms with van der Waals surface area (Å²) in [6.45, 7) is 7.52. The zero-order valence-electron chi connectivity index (χ0n) is 16.3. The van der Waals surface area contributed by atoms with E-state index in [1.165, 1.54) is 5.56 Å². The van der Waals surface area contributed by atoms with Crippen LogP contribution in [-0.4, -0.2) is 38.1 Å². The van der Waals surface area contributed by atoms with Crippen molar-refractivity contribution in [3.05, 3.63) is 53.1 Å². The molecular formula is C21H28N2O3. The number of benzene rings is 2. The number of carbonyl (C=O) groups is 1. The molecule has 0 radical (unpaired) electrons. The first kappa shape index (κ1) is 19.8. The number of hydrogen-bond acceptors (Lipinski definition) is 4. The lowest BCUT2D eigenvalue weighted by Crippen LogP contribution is -2.30. The van der Waals surface area contributed by atoms with Crippen LogP contribution in [0.2, 0.25) is 0 Å². The Balaban J connectivity index is 1.95. The summed E-state index contributed by atoms with van der Waals surface area (Å²) >= 11 is 0. The first-order chi connectivity index (χ1) is 12.4. The van der Waals surface area contributed by atoms with Gasteiger partial charge >= 0.3 is 0 Å². The molecule has 0 unspecified atom stereocenters. The highest BCUT2D eigenvalue weighted by Gasteiger charge is 2.11. The minimum absolute atomic E-state index is 0.0302. The fraction of sp³-hybridized carbons (Fsp3) is 0.381. The van der Waals surface area contributed by atoms with E-state index in [1.54, 1.807) is 7.11 Å². The van der Waals surface area contributed by atoms with Crippen molar-refractivity contribution in [1.29, 1.82) is 0 Å². The van der Waals surface area contributed by atoms with Gasteiger partial charge in [-0.15, -0.1) is 0 Å². The predicted octanol–water partition coefficient (Wildman–Crippen LogP) is 3.78. The SMILES string of the molecule is CCOc1ccc(CN(C)CC(=O)Nc2ccc(C)cc2C)cc1OC. The number of nitrogens with zero attached hydrogens (tertiary/aromatic N) is 1. The molecule has 1 amide bonds. The van der Waals surface area contributed by atoms with Crippen LogP contribution in [0.25, 0.3) is 0 Å². The van der Waals surface area contributed by atoms with Gasteiger partial charge in [0.1, 0.15) is 0 Å². The number of methoxy groups -OCH3 is 1. The third kappa shape index (κ3) is 5.49. The van der Waals surface area contributed by atoms with Gasteiger partial charge < -0.3 is 14.8 Å². The van der Waals surface area contributed by atoms with Crippen LogP contribution in [0.5, 0.6) is 11.5 Å². The third-order valence-electron chi connectivity index (χ3n) is 4.05. The molecule has 0 fully saturated rings. The van der Waals surface area contributed by atoms with Crippen LogP contribution in [0, 0.1) is 13.8 Å². The van der Waals surface area contributed by atoms with Crippen LogP contribution in [0.3, 0.4) is 0 Å². The average molecular weight is 356 g/mol. The minimum Gasteiger partial charge on any atom is -0.493 e. The summed E-state index contributed by atoms with van der Waals surface area (Å²) in [5.41, 5.74) is 4.17. The maximum atomic E-state index is 12.3. The van der Waals surface area contributed by atoms with Gasteiger partial charge in [-0.1, -0.05) is 23.8 Å². The molecule has 1 N–H and O–H groups in total. The summed E-state index contributed by atoms with van der Waals surface area (Å²) in [4.78, 5) is 14.3. The fourth-order valence-corrected chi connectivity index (χ4v) is 2.84. The van der Waals surface area contributed by atoms with E-state index in [4.69, 9.17) is 9.47 Å². The number of anilines is 1. The van der Waals surface area contributed by atoms with Gasteiger partial charge in [0.05, 0.1) is 20.3 Å². The molecule has 0 aromatic heterocycles. The van der Waals surface area contributed by atoms with Crippen LogP contribution in [0.1, 0.15) is 23.6 Å². The molecule has 2 rings (SSSR count). The number of amides is 1. The molecule has 0 bridgehead atoms. The Morgan fingerprint density at radius 2 is 1.88 bits per heavy atom. The van der Waals surface area contributed by atoms with E-state index in [2.05, 4.69) is 11.4 Å². The highest BCUT2D eigenvalue weighted by molar-refractivity contribution is 5.92. The molecule has 0 saturated carbocycles. The third-order valence-corrected chi connectivity index (χ3v) is 4.05. The lowest BCUT2D eigenvalue weighted by Gasteiger charge is -2.18. The van der Waals surface area contributed by atoms with Crippen LogP contribution >= 0.6 is 0 Å². The molecule has 0 saturated heterocycles. The minimum atomic E-state index is -0.0302. The molecule has 0 aliphatic rings.